The summed E-state index contributed by atoms with van der Waals surface area (Å²) in [5.74, 6) is -1.78. The van der Waals surface area contributed by atoms with Gasteiger partial charge in [0.25, 0.3) is 0 Å². The number of alkyl halides is 3. The molecule has 1 aromatic heterocycles. The number of nitrogens with zero attached hydrogens (tertiary/aromatic N) is 1. The quantitative estimate of drug-likeness (QED) is 0.549. The van der Waals surface area contributed by atoms with Crippen LogP contribution in [0.15, 0.2) is 53.7 Å². The van der Waals surface area contributed by atoms with Crippen molar-refractivity contribution in [1.82, 2.24) is 4.98 Å². The van der Waals surface area contributed by atoms with Gasteiger partial charge in [-0.05, 0) is 41.5 Å². The van der Waals surface area contributed by atoms with Crippen LogP contribution in [0.4, 0.5) is 13.2 Å². The molecule has 3 rings (SSSR count). The first-order valence-corrected chi connectivity index (χ1v) is 9.52. The summed E-state index contributed by atoms with van der Waals surface area (Å²) in [4.78, 5) is 16.9. The summed E-state index contributed by atoms with van der Waals surface area (Å²) < 4.78 is 43.5. The van der Waals surface area contributed by atoms with Crippen LogP contribution in [0.1, 0.15) is 25.0 Å². The summed E-state index contributed by atoms with van der Waals surface area (Å²) >= 11 is 5.34. The molecule has 29 heavy (non-hydrogen) atoms. The summed E-state index contributed by atoms with van der Waals surface area (Å²) in [7, 11) is 0. The van der Waals surface area contributed by atoms with E-state index in [2.05, 4.69) is 4.98 Å². The minimum atomic E-state index is -4.61. The second kappa shape index (κ2) is 7.82. The molecular weight excluding hydrogens is 403 g/mol. The first-order valence-electron chi connectivity index (χ1n) is 9.14. The number of hydrogen-bond donors (Lipinski definition) is 0. The number of carbonyl (C=O) groups is 1. The van der Waals surface area contributed by atoms with Gasteiger partial charge in [0.2, 0.25) is 0 Å². The molecule has 0 radical (unpaired) electrons. The fourth-order valence-electron chi connectivity index (χ4n) is 3.57. The number of benzene rings is 1. The maximum absolute atomic E-state index is 12.7. The number of allylic oxidation sites excluding steroid dienone is 2. The van der Waals surface area contributed by atoms with E-state index in [0.29, 0.717) is 0 Å². The van der Waals surface area contributed by atoms with E-state index in [9.17, 15) is 18.0 Å². The average Bonchev–Trinajstić information content (AvgIpc) is 3.20. The van der Waals surface area contributed by atoms with Crippen LogP contribution in [0, 0.1) is 24.2 Å². The molecule has 3 nitrogen and oxygen atoms in total. The molecule has 2 aromatic rings. The topological polar surface area (TPSA) is 39.2 Å². The van der Waals surface area contributed by atoms with Gasteiger partial charge in [0, 0.05) is 11.8 Å². The van der Waals surface area contributed by atoms with Crippen LogP contribution >= 0.6 is 11.6 Å². The number of carbonyl (C=O) groups excluding carboxylic acids is 1. The van der Waals surface area contributed by atoms with Crippen molar-refractivity contribution < 1.29 is 22.7 Å². The molecule has 0 amide bonds. The van der Waals surface area contributed by atoms with Crippen LogP contribution in [0.25, 0.3) is 11.3 Å². The van der Waals surface area contributed by atoms with Crippen LogP contribution in [-0.2, 0) is 16.1 Å². The molecule has 0 bridgehead atoms. The minimum absolute atomic E-state index is 0.0430. The Hall–Kier alpha value is -2.34. The molecule has 1 aliphatic carbocycles. The largest absolute Gasteiger partial charge is 0.461 e. The normalized spacial score (nSPS) is 21.0. The van der Waals surface area contributed by atoms with E-state index in [-0.39, 0.29) is 6.61 Å². The fourth-order valence-corrected chi connectivity index (χ4v) is 3.70. The zero-order valence-electron chi connectivity index (χ0n) is 16.3. The van der Waals surface area contributed by atoms with E-state index in [0.717, 1.165) is 28.5 Å². The predicted molar refractivity (Wildman–Crippen MR) is 105 cm³/mol. The lowest BCUT2D eigenvalue weighted by Gasteiger charge is -2.12. The zero-order chi connectivity index (χ0) is 21.4. The highest BCUT2D eigenvalue weighted by Crippen LogP contribution is 2.60. The molecule has 1 heterocycles. The van der Waals surface area contributed by atoms with Gasteiger partial charge >= 0.3 is 12.1 Å². The molecule has 0 aliphatic heterocycles. The SMILES string of the molecule is Cc1c(COC(=O)C2C(/C=C(\Cl)C(F)(F)F)C2(C)C)cccc1-c1ccccn1. The Kier molecular flexibility index (Phi) is 5.77. The van der Waals surface area contributed by atoms with Gasteiger partial charge in [-0.3, -0.25) is 9.78 Å². The van der Waals surface area contributed by atoms with E-state index >= 15 is 0 Å². The van der Waals surface area contributed by atoms with E-state index in [1.165, 1.54) is 0 Å². The first kappa shape index (κ1) is 21.4. The van der Waals surface area contributed by atoms with E-state index < -0.39 is 34.4 Å². The van der Waals surface area contributed by atoms with Gasteiger partial charge in [-0.25, -0.2) is 0 Å². The smallest absolute Gasteiger partial charge is 0.426 e. The Labute approximate surface area is 172 Å². The maximum Gasteiger partial charge on any atom is 0.426 e. The first-order chi connectivity index (χ1) is 13.5. The third-order valence-corrected chi connectivity index (χ3v) is 5.86. The monoisotopic (exact) mass is 423 g/mol. The maximum atomic E-state index is 12.7. The molecule has 1 aliphatic rings. The van der Waals surface area contributed by atoms with Crippen LogP contribution < -0.4 is 0 Å². The van der Waals surface area contributed by atoms with Gasteiger partial charge < -0.3 is 4.74 Å². The molecule has 1 fully saturated rings. The lowest BCUT2D eigenvalue weighted by atomic mass is 10.00. The number of aromatic nitrogens is 1. The lowest BCUT2D eigenvalue weighted by Crippen LogP contribution is -2.11. The Bertz CT molecular complexity index is 939. The molecule has 7 heteroatoms. The van der Waals surface area contributed by atoms with Crippen molar-refractivity contribution in [2.45, 2.75) is 33.6 Å². The van der Waals surface area contributed by atoms with Gasteiger partial charge in [0.05, 0.1) is 11.6 Å². The molecule has 1 saturated carbocycles. The van der Waals surface area contributed by atoms with E-state index in [4.69, 9.17) is 16.3 Å². The lowest BCUT2D eigenvalue weighted by molar-refractivity contribution is -0.147. The number of esters is 1. The van der Waals surface area contributed by atoms with Crippen molar-refractivity contribution in [3.8, 4) is 11.3 Å². The summed E-state index contributed by atoms with van der Waals surface area (Å²) in [5, 5.41) is -1.20. The third kappa shape index (κ3) is 4.47. The highest BCUT2D eigenvalue weighted by molar-refractivity contribution is 6.30. The van der Waals surface area contributed by atoms with Crippen molar-refractivity contribution >= 4 is 17.6 Å². The second-order valence-corrected chi connectivity index (χ2v) is 8.16. The van der Waals surface area contributed by atoms with Crippen LogP contribution in [0.5, 0.6) is 0 Å². The number of halogens is 4. The van der Waals surface area contributed by atoms with Gasteiger partial charge in [0.1, 0.15) is 11.6 Å². The van der Waals surface area contributed by atoms with Crippen LogP contribution in [0.3, 0.4) is 0 Å². The highest BCUT2D eigenvalue weighted by atomic mass is 35.5. The molecule has 0 N–H and O–H groups in total. The number of hydrogen-bond acceptors (Lipinski definition) is 3. The van der Waals surface area contributed by atoms with Crippen molar-refractivity contribution in [2.24, 2.45) is 17.3 Å². The average molecular weight is 424 g/mol. The van der Waals surface area contributed by atoms with Crippen molar-refractivity contribution in [1.29, 1.82) is 0 Å². The highest BCUT2D eigenvalue weighted by Gasteiger charge is 2.62. The van der Waals surface area contributed by atoms with Crippen LogP contribution in [-0.4, -0.2) is 17.1 Å². The van der Waals surface area contributed by atoms with Crippen molar-refractivity contribution in [2.75, 3.05) is 0 Å². The second-order valence-electron chi connectivity index (χ2n) is 7.75. The van der Waals surface area contributed by atoms with Gasteiger partial charge in [-0.15, -0.1) is 0 Å². The predicted octanol–water partition coefficient (Wildman–Crippen LogP) is 6.06. The standard InChI is InChI=1S/C22H21ClF3NO2/c1-13-14(7-6-8-15(13)17-9-4-5-10-27-17)12-29-20(28)19-16(21(19,2)3)11-18(23)22(24,25)26/h4-11,16,19H,12H2,1-3H3/b18-11-. The fraction of sp³-hybridized carbons (Fsp3) is 0.364. The van der Waals surface area contributed by atoms with Crippen LogP contribution in [0.2, 0.25) is 0 Å². The van der Waals surface area contributed by atoms with Gasteiger partial charge in [-0.2, -0.15) is 13.2 Å². The zero-order valence-corrected chi connectivity index (χ0v) is 17.0. The minimum Gasteiger partial charge on any atom is -0.461 e. The summed E-state index contributed by atoms with van der Waals surface area (Å²) in [6.45, 7) is 5.42. The Morgan fingerprint density at radius 3 is 2.59 bits per heavy atom. The summed E-state index contributed by atoms with van der Waals surface area (Å²) in [6.07, 6.45) is -1.99. The number of ether oxygens (including phenoxy) is 1. The third-order valence-electron chi connectivity index (χ3n) is 5.52. The summed E-state index contributed by atoms with van der Waals surface area (Å²) in [6, 6.07) is 11.3. The molecule has 0 saturated heterocycles. The Balaban J connectivity index is 1.70. The van der Waals surface area contributed by atoms with E-state index in [1.807, 2.05) is 43.3 Å². The molecule has 2 unspecified atom stereocenters. The number of pyridine rings is 1. The molecule has 1 aromatic carbocycles. The molecule has 0 spiro atoms. The van der Waals surface area contributed by atoms with Gasteiger partial charge in [-0.1, -0.05) is 55.8 Å². The molecule has 154 valence electrons. The van der Waals surface area contributed by atoms with Gasteiger partial charge in [0.15, 0.2) is 0 Å². The molecular formula is C22H21ClF3NO2. The summed E-state index contributed by atoms with van der Waals surface area (Å²) in [5.41, 5.74) is 2.87. The van der Waals surface area contributed by atoms with Crippen molar-refractivity contribution in [3.63, 3.8) is 0 Å². The Morgan fingerprint density at radius 2 is 1.97 bits per heavy atom. The van der Waals surface area contributed by atoms with Crippen molar-refractivity contribution in [3.05, 3.63) is 64.8 Å². The molecule has 2 atom stereocenters. The Morgan fingerprint density at radius 1 is 1.24 bits per heavy atom. The number of rotatable bonds is 5. The van der Waals surface area contributed by atoms with E-state index in [1.54, 1.807) is 20.0 Å².